The standard InChI is InChI=1S/C56H91N13O10/c1-6-7-8-9-13-18-39(70)33-48(71)62-46(32-38-17-14-28-60-34-38)55(78)67-44-24-29-61-49(72)45(30-36(4)5)68-53(76)43(23-27-59)64-52(75)42(22-26-58)66-56(79)47(31-37-15-11-10-12-16-37)69-50(73)40(20-19-35(2)3)63-51(74)41(21-25-57)65-54(44)77/h10-12,14-17,28,34-36,39-47,70H,6-9,13,18-27,29-33,57-59H2,1-5H3,(H,61,72)(H,62,71)(H,63,74)(H,64,75)(H,65,77)(H,66,79)(H,67,78)(H,68,76)(H,69,73)/t39-,40-,41+,42+,43+,44+,45+,46-,47+/m1/s1. The lowest BCUT2D eigenvalue weighted by Crippen LogP contribution is -2.61. The van der Waals surface area contributed by atoms with Crippen molar-refractivity contribution in [2.75, 3.05) is 26.2 Å². The lowest BCUT2D eigenvalue weighted by Gasteiger charge is -2.28. The van der Waals surface area contributed by atoms with Gasteiger partial charge in [0, 0.05) is 31.8 Å². The van der Waals surface area contributed by atoms with Crippen LogP contribution in [0.5, 0.6) is 0 Å². The zero-order chi connectivity index (χ0) is 58.3. The molecule has 2 aromatic rings. The van der Waals surface area contributed by atoms with Crippen molar-refractivity contribution in [2.45, 2.75) is 192 Å². The van der Waals surface area contributed by atoms with E-state index in [0.717, 1.165) is 32.1 Å². The van der Waals surface area contributed by atoms with Crippen LogP contribution in [0.15, 0.2) is 54.9 Å². The monoisotopic (exact) mass is 1110 g/mol. The molecule has 79 heavy (non-hydrogen) atoms. The summed E-state index contributed by atoms with van der Waals surface area (Å²) in [6, 6.07) is 1.75. The number of amides is 9. The first-order valence-corrected chi connectivity index (χ1v) is 28.2. The van der Waals surface area contributed by atoms with Crippen LogP contribution in [-0.2, 0) is 56.0 Å². The number of aromatic nitrogens is 1. The minimum absolute atomic E-state index is 0.0371. The molecule has 0 saturated carbocycles. The van der Waals surface area contributed by atoms with Gasteiger partial charge >= 0.3 is 0 Å². The number of unbranched alkanes of at least 4 members (excludes halogenated alkanes) is 4. The molecule has 1 fully saturated rings. The number of hydrogen-bond donors (Lipinski definition) is 13. The zero-order valence-corrected chi connectivity index (χ0v) is 47.0. The number of nitrogens with zero attached hydrogens (tertiary/aromatic N) is 1. The third kappa shape index (κ3) is 25.4. The van der Waals surface area contributed by atoms with Crippen LogP contribution in [0.25, 0.3) is 0 Å². The SMILES string of the molecule is CCCCCCC[C@@H](O)CC(=O)N[C@H](Cc1cccnc1)C(=O)N[C@H]1CCNC(=O)[C@H](CC(C)C)NC(=O)[C@H](CCN)NC(=O)[C@H](CCN)NC(=O)[C@H](Cc2ccccc2)NC(=O)[C@@H](CCC(C)C)NC(=O)[C@H](CCN)NC1=O. The second-order valence-corrected chi connectivity index (χ2v) is 21.3. The molecule has 23 nitrogen and oxygen atoms in total. The van der Waals surface area contributed by atoms with Gasteiger partial charge in [-0.15, -0.1) is 0 Å². The first-order chi connectivity index (χ1) is 37.8. The summed E-state index contributed by atoms with van der Waals surface area (Å²) >= 11 is 0. The van der Waals surface area contributed by atoms with Gasteiger partial charge in [-0.2, -0.15) is 0 Å². The van der Waals surface area contributed by atoms with E-state index >= 15 is 0 Å². The van der Waals surface area contributed by atoms with Gasteiger partial charge in [0.2, 0.25) is 53.2 Å². The highest BCUT2D eigenvalue weighted by molar-refractivity contribution is 5.98. The third-order valence-electron chi connectivity index (χ3n) is 13.4. The van der Waals surface area contributed by atoms with E-state index in [1.54, 1.807) is 48.7 Å². The van der Waals surface area contributed by atoms with Crippen LogP contribution in [0.4, 0.5) is 0 Å². The van der Waals surface area contributed by atoms with Crippen molar-refractivity contribution in [3.8, 4) is 0 Å². The largest absolute Gasteiger partial charge is 0.393 e. The molecule has 0 aliphatic carbocycles. The highest BCUT2D eigenvalue weighted by Crippen LogP contribution is 2.14. The molecular formula is C56H91N13O10. The lowest BCUT2D eigenvalue weighted by molar-refractivity contribution is -0.136. The Labute approximate surface area is 465 Å². The van der Waals surface area contributed by atoms with E-state index in [4.69, 9.17) is 17.2 Å². The van der Waals surface area contributed by atoms with Crippen molar-refractivity contribution < 1.29 is 48.3 Å². The number of aliphatic hydroxyl groups is 1. The molecule has 0 bridgehead atoms. The van der Waals surface area contributed by atoms with Gasteiger partial charge < -0.3 is 70.2 Å². The predicted octanol–water partition coefficient (Wildman–Crippen LogP) is -0.0947. The number of rotatable bonds is 26. The number of nitrogens with two attached hydrogens (primary N) is 3. The van der Waals surface area contributed by atoms with Crippen molar-refractivity contribution >= 4 is 53.2 Å². The number of aliphatic hydroxyl groups excluding tert-OH is 1. The van der Waals surface area contributed by atoms with Gasteiger partial charge in [0.25, 0.3) is 0 Å². The average molecular weight is 1110 g/mol. The molecule has 9 amide bonds. The van der Waals surface area contributed by atoms with Gasteiger partial charge in [0.1, 0.15) is 48.3 Å². The summed E-state index contributed by atoms with van der Waals surface area (Å²) in [7, 11) is 0. The molecular weight excluding hydrogens is 1010 g/mol. The van der Waals surface area contributed by atoms with Crippen molar-refractivity contribution in [1.29, 1.82) is 0 Å². The Bertz CT molecular complexity index is 2220. The Morgan fingerprint density at radius 1 is 0.620 bits per heavy atom. The predicted molar refractivity (Wildman–Crippen MR) is 300 cm³/mol. The quantitative estimate of drug-likeness (QED) is 0.0548. The van der Waals surface area contributed by atoms with Crippen LogP contribution >= 0.6 is 0 Å². The highest BCUT2D eigenvalue weighted by atomic mass is 16.3. The summed E-state index contributed by atoms with van der Waals surface area (Å²) in [6.45, 7) is 9.16. The smallest absolute Gasteiger partial charge is 0.243 e. The number of nitrogens with one attached hydrogen (secondary N) is 9. The molecule has 1 aromatic carbocycles. The molecule has 1 aromatic heterocycles. The summed E-state index contributed by atoms with van der Waals surface area (Å²) < 4.78 is 0. The summed E-state index contributed by atoms with van der Waals surface area (Å²) in [5.41, 5.74) is 19.1. The summed E-state index contributed by atoms with van der Waals surface area (Å²) in [5, 5.41) is 35.3. The van der Waals surface area contributed by atoms with Crippen LogP contribution in [-0.4, -0.2) is 144 Å². The molecule has 0 radical (unpaired) electrons. The number of carbonyl (C=O) groups is 9. The number of pyridine rings is 1. The van der Waals surface area contributed by atoms with Gasteiger partial charge in [-0.05, 0) is 100 Å². The normalized spacial score (nSPS) is 22.3. The maximum atomic E-state index is 14.6. The van der Waals surface area contributed by atoms with Gasteiger partial charge in [-0.3, -0.25) is 48.1 Å². The molecule has 1 aliphatic rings. The Morgan fingerprint density at radius 3 is 1.67 bits per heavy atom. The third-order valence-corrected chi connectivity index (χ3v) is 13.4. The average Bonchev–Trinajstić information content (AvgIpc) is 3.40. The van der Waals surface area contributed by atoms with Gasteiger partial charge in [0.05, 0.1) is 12.5 Å². The Hall–Kier alpha value is -6.56. The van der Waals surface area contributed by atoms with Crippen LogP contribution in [0.1, 0.15) is 136 Å². The number of carbonyl (C=O) groups excluding carboxylic acids is 9. The molecule has 3 rings (SSSR count). The van der Waals surface area contributed by atoms with E-state index < -0.39 is 108 Å². The van der Waals surface area contributed by atoms with Crippen molar-refractivity contribution in [3.63, 3.8) is 0 Å². The topological polar surface area (TPSA) is 373 Å². The fourth-order valence-electron chi connectivity index (χ4n) is 8.99. The zero-order valence-electron chi connectivity index (χ0n) is 47.0. The highest BCUT2D eigenvalue weighted by Gasteiger charge is 2.36. The molecule has 16 N–H and O–H groups in total. The Morgan fingerprint density at radius 2 is 1.14 bits per heavy atom. The van der Waals surface area contributed by atoms with E-state index in [1.807, 2.05) is 27.7 Å². The van der Waals surface area contributed by atoms with E-state index in [-0.39, 0.29) is 95.8 Å². The molecule has 23 heteroatoms. The van der Waals surface area contributed by atoms with Crippen LogP contribution in [0.2, 0.25) is 0 Å². The fraction of sp³-hybridized carbons (Fsp3) is 0.643. The summed E-state index contributed by atoms with van der Waals surface area (Å²) in [5.74, 6) is -6.83. The summed E-state index contributed by atoms with van der Waals surface area (Å²) in [4.78, 5) is 132. The van der Waals surface area contributed by atoms with E-state index in [2.05, 4.69) is 59.8 Å². The Balaban J connectivity index is 2.13. The molecule has 1 aliphatic heterocycles. The Kier molecular flexibility index (Phi) is 30.9. The van der Waals surface area contributed by atoms with Gasteiger partial charge in [0.15, 0.2) is 0 Å². The first-order valence-electron chi connectivity index (χ1n) is 28.2. The van der Waals surface area contributed by atoms with Crippen LogP contribution in [0, 0.1) is 11.8 Å². The van der Waals surface area contributed by atoms with Crippen LogP contribution in [0.3, 0.4) is 0 Å². The van der Waals surface area contributed by atoms with Crippen molar-refractivity contribution in [2.24, 2.45) is 29.0 Å². The minimum Gasteiger partial charge on any atom is -0.393 e. The second-order valence-electron chi connectivity index (χ2n) is 21.3. The summed E-state index contributed by atoms with van der Waals surface area (Å²) in [6.07, 6.45) is 7.03. The van der Waals surface area contributed by atoms with Crippen molar-refractivity contribution in [3.05, 3.63) is 66.0 Å². The maximum Gasteiger partial charge on any atom is 0.243 e. The fourth-order valence-corrected chi connectivity index (χ4v) is 8.99. The molecule has 9 atom stereocenters. The maximum absolute atomic E-state index is 14.6. The molecule has 0 unspecified atom stereocenters. The number of hydrogen-bond acceptors (Lipinski definition) is 14. The van der Waals surface area contributed by atoms with E-state index in [0.29, 0.717) is 24.0 Å². The van der Waals surface area contributed by atoms with E-state index in [9.17, 15) is 48.3 Å². The number of benzene rings is 1. The van der Waals surface area contributed by atoms with Gasteiger partial charge in [-0.25, -0.2) is 0 Å². The van der Waals surface area contributed by atoms with Crippen LogP contribution < -0.4 is 65.1 Å². The minimum atomic E-state index is -1.48. The van der Waals surface area contributed by atoms with Crippen molar-refractivity contribution in [1.82, 2.24) is 52.8 Å². The molecule has 440 valence electrons. The molecule has 1 saturated heterocycles. The second kappa shape index (κ2) is 36.6. The van der Waals surface area contributed by atoms with Gasteiger partial charge in [-0.1, -0.05) is 103 Å². The first kappa shape index (κ1) is 66.7. The van der Waals surface area contributed by atoms with E-state index in [1.165, 1.54) is 6.20 Å². The molecule has 0 spiro atoms. The lowest BCUT2D eigenvalue weighted by atomic mass is 10.00. The molecule has 2 heterocycles.